The summed E-state index contributed by atoms with van der Waals surface area (Å²) in [6.07, 6.45) is -1.31. The normalized spacial score (nSPS) is 24.7. The van der Waals surface area contributed by atoms with E-state index < -0.39 is 18.5 Å². The zero-order valence-electron chi connectivity index (χ0n) is 11.1. The van der Waals surface area contributed by atoms with Crippen LogP contribution in [0.15, 0.2) is 6.33 Å². The van der Waals surface area contributed by atoms with Crippen LogP contribution in [0.2, 0.25) is 5.02 Å². The molecule has 0 spiro atoms. The first-order chi connectivity index (χ1) is 9.49. The fraction of sp³-hybridized carbons (Fsp3) is 0.692. The number of nitrogens with one attached hydrogen (secondary N) is 1. The molecule has 1 N–H and O–H groups in total. The van der Waals surface area contributed by atoms with Crippen LogP contribution in [0.4, 0.5) is 19.0 Å². The SMILES string of the molecule is Cc1ncnc(NC2CCC(C(F)C(F)F)CC2)c1Cl. The van der Waals surface area contributed by atoms with Crippen LogP contribution in [0, 0.1) is 12.8 Å². The van der Waals surface area contributed by atoms with E-state index in [4.69, 9.17) is 11.6 Å². The lowest BCUT2D eigenvalue weighted by Gasteiger charge is -2.31. The molecule has 1 saturated carbocycles. The van der Waals surface area contributed by atoms with Crippen LogP contribution in [-0.4, -0.2) is 28.6 Å². The van der Waals surface area contributed by atoms with Crippen molar-refractivity contribution in [2.45, 2.75) is 51.2 Å². The van der Waals surface area contributed by atoms with Crippen molar-refractivity contribution < 1.29 is 13.2 Å². The summed E-state index contributed by atoms with van der Waals surface area (Å²) in [5.41, 5.74) is 0.680. The van der Waals surface area contributed by atoms with Gasteiger partial charge in [-0.15, -0.1) is 0 Å². The van der Waals surface area contributed by atoms with E-state index in [1.807, 2.05) is 0 Å². The number of halogens is 4. The van der Waals surface area contributed by atoms with Crippen LogP contribution in [0.5, 0.6) is 0 Å². The van der Waals surface area contributed by atoms with Crippen LogP contribution in [0.3, 0.4) is 0 Å². The lowest BCUT2D eigenvalue weighted by Crippen LogP contribution is -2.32. The number of hydrogen-bond donors (Lipinski definition) is 1. The van der Waals surface area contributed by atoms with E-state index in [2.05, 4.69) is 15.3 Å². The predicted octanol–water partition coefficient (Wildman–Crippen LogP) is 4.01. The molecule has 0 aromatic carbocycles. The second kappa shape index (κ2) is 6.61. The summed E-state index contributed by atoms with van der Waals surface area (Å²) in [6, 6.07) is 0.0860. The van der Waals surface area contributed by atoms with Crippen molar-refractivity contribution in [1.82, 2.24) is 9.97 Å². The molecule has 1 aromatic heterocycles. The number of anilines is 1. The van der Waals surface area contributed by atoms with Gasteiger partial charge < -0.3 is 5.32 Å². The lowest BCUT2D eigenvalue weighted by molar-refractivity contribution is 0.00505. The molecule has 0 saturated heterocycles. The Morgan fingerprint density at radius 1 is 1.20 bits per heavy atom. The molecule has 1 aliphatic rings. The quantitative estimate of drug-likeness (QED) is 0.913. The molecule has 7 heteroatoms. The van der Waals surface area contributed by atoms with Crippen molar-refractivity contribution >= 4 is 17.4 Å². The van der Waals surface area contributed by atoms with Crippen LogP contribution in [0.1, 0.15) is 31.4 Å². The summed E-state index contributed by atoms with van der Waals surface area (Å²) in [5.74, 6) is 0.00364. The molecule has 112 valence electrons. The topological polar surface area (TPSA) is 37.8 Å². The number of alkyl halides is 3. The zero-order valence-corrected chi connectivity index (χ0v) is 11.9. The van der Waals surface area contributed by atoms with Crippen LogP contribution >= 0.6 is 11.6 Å². The van der Waals surface area contributed by atoms with E-state index in [1.165, 1.54) is 6.33 Å². The summed E-state index contributed by atoms with van der Waals surface area (Å²) in [4.78, 5) is 8.04. The third kappa shape index (κ3) is 3.53. The average molecular weight is 308 g/mol. The van der Waals surface area contributed by atoms with Crippen molar-refractivity contribution in [2.24, 2.45) is 5.92 Å². The molecule has 3 nitrogen and oxygen atoms in total. The Bertz CT molecular complexity index is 450. The standard InChI is InChI=1S/C13H17ClF3N3/c1-7-10(14)13(19-6-18-7)20-9-4-2-8(3-5-9)11(15)12(16)17/h6,8-9,11-12H,2-5H2,1H3,(H,18,19,20). The molecule has 0 radical (unpaired) electrons. The molecular weight excluding hydrogens is 291 g/mol. The fourth-order valence-corrected chi connectivity index (χ4v) is 2.69. The van der Waals surface area contributed by atoms with Gasteiger partial charge in [-0.1, -0.05) is 11.6 Å². The van der Waals surface area contributed by atoms with E-state index in [1.54, 1.807) is 6.92 Å². The van der Waals surface area contributed by atoms with Crippen molar-refractivity contribution in [1.29, 1.82) is 0 Å². The maximum Gasteiger partial charge on any atom is 0.269 e. The molecule has 1 atom stereocenters. The van der Waals surface area contributed by atoms with Gasteiger partial charge in [-0.25, -0.2) is 23.1 Å². The second-order valence-electron chi connectivity index (χ2n) is 5.16. The maximum absolute atomic E-state index is 13.3. The fourth-order valence-electron chi connectivity index (χ4n) is 2.54. The Balaban J connectivity index is 1.90. The zero-order chi connectivity index (χ0) is 14.7. The van der Waals surface area contributed by atoms with Gasteiger partial charge in [0.05, 0.1) is 5.69 Å². The minimum absolute atomic E-state index is 0.0860. The molecule has 1 unspecified atom stereocenters. The Hall–Kier alpha value is -1.04. The van der Waals surface area contributed by atoms with Gasteiger partial charge in [0, 0.05) is 6.04 Å². The number of nitrogens with zero attached hydrogens (tertiary/aromatic N) is 2. The van der Waals surface area contributed by atoms with Crippen LogP contribution < -0.4 is 5.32 Å². The third-order valence-corrected chi connectivity index (χ3v) is 4.22. The molecule has 1 fully saturated rings. The first kappa shape index (κ1) is 15.4. The number of aryl methyl sites for hydroxylation is 1. The second-order valence-corrected chi connectivity index (χ2v) is 5.53. The van der Waals surface area contributed by atoms with E-state index in [0.717, 1.165) is 0 Å². The minimum Gasteiger partial charge on any atom is -0.366 e. The number of aromatic nitrogens is 2. The van der Waals surface area contributed by atoms with Gasteiger partial charge in [-0.2, -0.15) is 0 Å². The van der Waals surface area contributed by atoms with Crippen LogP contribution in [-0.2, 0) is 0 Å². The molecule has 2 rings (SSSR count). The maximum atomic E-state index is 13.3. The summed E-state index contributed by atoms with van der Waals surface area (Å²) < 4.78 is 37.9. The van der Waals surface area contributed by atoms with E-state index in [0.29, 0.717) is 42.2 Å². The van der Waals surface area contributed by atoms with Gasteiger partial charge >= 0.3 is 0 Å². The molecule has 1 aromatic rings. The molecule has 0 aliphatic heterocycles. The molecule has 0 amide bonds. The van der Waals surface area contributed by atoms with Gasteiger partial charge in [0.2, 0.25) is 0 Å². The van der Waals surface area contributed by atoms with Gasteiger partial charge in [-0.3, -0.25) is 0 Å². The van der Waals surface area contributed by atoms with Crippen molar-refractivity contribution in [3.63, 3.8) is 0 Å². The van der Waals surface area contributed by atoms with Crippen LogP contribution in [0.25, 0.3) is 0 Å². The Morgan fingerprint density at radius 3 is 2.45 bits per heavy atom. The smallest absolute Gasteiger partial charge is 0.269 e. The number of hydrogen-bond acceptors (Lipinski definition) is 3. The summed E-state index contributed by atoms with van der Waals surface area (Å²) in [6.45, 7) is 1.78. The minimum atomic E-state index is -2.89. The summed E-state index contributed by atoms with van der Waals surface area (Å²) >= 11 is 6.09. The monoisotopic (exact) mass is 307 g/mol. The van der Waals surface area contributed by atoms with E-state index >= 15 is 0 Å². The van der Waals surface area contributed by atoms with E-state index in [9.17, 15) is 13.2 Å². The molecular formula is C13H17ClF3N3. The first-order valence-corrected chi connectivity index (χ1v) is 7.02. The molecule has 0 bridgehead atoms. The van der Waals surface area contributed by atoms with Gasteiger partial charge in [0.15, 0.2) is 6.17 Å². The lowest BCUT2D eigenvalue weighted by atomic mass is 9.83. The van der Waals surface area contributed by atoms with Gasteiger partial charge in [0.1, 0.15) is 17.2 Å². The Labute approximate surface area is 120 Å². The first-order valence-electron chi connectivity index (χ1n) is 6.65. The van der Waals surface area contributed by atoms with Crippen molar-refractivity contribution in [2.75, 3.05) is 5.32 Å². The molecule has 1 heterocycles. The van der Waals surface area contributed by atoms with Crippen molar-refractivity contribution in [3.05, 3.63) is 17.0 Å². The average Bonchev–Trinajstić information content (AvgIpc) is 2.44. The molecule has 20 heavy (non-hydrogen) atoms. The predicted molar refractivity (Wildman–Crippen MR) is 72.0 cm³/mol. The highest BCUT2D eigenvalue weighted by molar-refractivity contribution is 6.33. The highest BCUT2D eigenvalue weighted by atomic mass is 35.5. The molecule has 1 aliphatic carbocycles. The Morgan fingerprint density at radius 2 is 1.85 bits per heavy atom. The van der Waals surface area contributed by atoms with Gasteiger partial charge in [-0.05, 0) is 38.5 Å². The Kier molecular flexibility index (Phi) is 5.07. The summed E-state index contributed by atoms with van der Waals surface area (Å²) in [5, 5.41) is 3.65. The highest BCUT2D eigenvalue weighted by Crippen LogP contribution is 2.33. The largest absolute Gasteiger partial charge is 0.366 e. The highest BCUT2D eigenvalue weighted by Gasteiger charge is 2.33. The summed E-state index contributed by atoms with van der Waals surface area (Å²) in [7, 11) is 0. The third-order valence-electron chi connectivity index (χ3n) is 3.77. The van der Waals surface area contributed by atoms with Gasteiger partial charge in [0.25, 0.3) is 6.43 Å². The van der Waals surface area contributed by atoms with E-state index in [-0.39, 0.29) is 6.04 Å². The van der Waals surface area contributed by atoms with Crippen molar-refractivity contribution in [3.8, 4) is 0 Å². The number of rotatable bonds is 4.